The molecule has 3 heterocycles. The summed E-state index contributed by atoms with van der Waals surface area (Å²) in [5, 5.41) is 1.30. The van der Waals surface area contributed by atoms with Gasteiger partial charge in [-0.3, -0.25) is 0 Å². The number of benzene rings is 6. The number of rotatable bonds is 6. The van der Waals surface area contributed by atoms with Crippen LogP contribution in [0, 0.1) is 16.7 Å². The molecule has 16 rings (SSSR count). The van der Waals surface area contributed by atoms with Crippen molar-refractivity contribution in [3.8, 4) is 11.1 Å². The second-order valence-corrected chi connectivity index (χ2v) is 27.1. The number of nitrogens with zero attached hydrogens (tertiary/aromatic N) is 2. The van der Waals surface area contributed by atoms with Crippen LogP contribution in [0.5, 0.6) is 0 Å². The minimum absolute atomic E-state index is 0.0335. The molecule has 1 spiro atoms. The van der Waals surface area contributed by atoms with E-state index in [1.165, 1.54) is 231 Å². The first-order valence-electron chi connectivity index (χ1n) is 31.1. The molecule has 7 aliphatic carbocycles. The van der Waals surface area contributed by atoms with Gasteiger partial charge in [0.05, 0.1) is 11.3 Å². The second-order valence-electron chi connectivity index (χ2n) is 27.1. The second kappa shape index (κ2) is 17.5. The fourth-order valence-corrected chi connectivity index (χ4v) is 19.1. The van der Waals surface area contributed by atoms with Gasteiger partial charge in [-0.1, -0.05) is 158 Å². The minimum Gasteiger partial charge on any atom is -0.468 e. The van der Waals surface area contributed by atoms with Gasteiger partial charge in [0, 0.05) is 39.2 Å². The normalized spacial score (nSPS) is 26.0. The monoisotopic (exact) mass is 999 g/mol. The average Bonchev–Trinajstić information content (AvgIpc) is 3.96. The van der Waals surface area contributed by atoms with E-state index in [2.05, 4.69) is 146 Å². The molecule has 0 amide bonds. The van der Waals surface area contributed by atoms with Crippen molar-refractivity contribution in [3.05, 3.63) is 149 Å². The fraction of sp³-hybridized carbons (Fsp3) is 0.472. The number of fused-ring (bicyclic) bond motifs is 14. The van der Waals surface area contributed by atoms with Gasteiger partial charge in [-0.05, 0) is 221 Å². The molecule has 386 valence electrons. The zero-order valence-electron chi connectivity index (χ0n) is 46.0. The summed E-state index contributed by atoms with van der Waals surface area (Å²) in [6.45, 7) is 7.91. The number of hydrogen-bond donors (Lipinski definition) is 0. The maximum Gasteiger partial charge on any atom is 0.297 e. The lowest BCUT2D eigenvalue weighted by atomic mass is 9.35. The molecule has 6 fully saturated rings. The van der Waals surface area contributed by atoms with Crippen LogP contribution in [0.15, 0.2) is 120 Å². The molecule has 3 atom stereocenters. The van der Waals surface area contributed by atoms with Crippen molar-refractivity contribution in [1.82, 2.24) is 0 Å². The van der Waals surface area contributed by atoms with Crippen LogP contribution in [-0.2, 0) is 5.41 Å². The molecule has 0 N–H and O–H groups in total. The van der Waals surface area contributed by atoms with Crippen LogP contribution in [0.1, 0.15) is 226 Å². The summed E-state index contributed by atoms with van der Waals surface area (Å²) in [6, 6.07) is 48.1. The van der Waals surface area contributed by atoms with Crippen LogP contribution in [-0.4, -0.2) is 6.71 Å². The van der Waals surface area contributed by atoms with Gasteiger partial charge in [-0.15, -0.1) is 0 Å². The van der Waals surface area contributed by atoms with Crippen LogP contribution in [0.2, 0.25) is 0 Å². The summed E-state index contributed by atoms with van der Waals surface area (Å²) >= 11 is 0. The first-order chi connectivity index (χ1) is 37.3. The molecule has 6 aromatic carbocycles. The summed E-state index contributed by atoms with van der Waals surface area (Å²) in [6.07, 6.45) is 30.3. The predicted octanol–water partition coefficient (Wildman–Crippen LogP) is 18.8. The van der Waals surface area contributed by atoms with E-state index in [0.29, 0.717) is 29.6 Å². The van der Waals surface area contributed by atoms with Crippen LogP contribution in [0.3, 0.4) is 0 Å². The lowest BCUT2D eigenvalue weighted by Gasteiger charge is -2.48. The molecule has 7 aromatic rings. The highest BCUT2D eigenvalue weighted by molar-refractivity contribution is 7.00. The van der Waals surface area contributed by atoms with E-state index < -0.39 is 0 Å². The van der Waals surface area contributed by atoms with Gasteiger partial charge < -0.3 is 14.2 Å². The molecule has 9 aliphatic rings. The van der Waals surface area contributed by atoms with Crippen molar-refractivity contribution in [2.75, 3.05) is 9.80 Å². The zero-order valence-corrected chi connectivity index (χ0v) is 46.0. The molecule has 4 heteroatoms. The van der Waals surface area contributed by atoms with Gasteiger partial charge in [0.15, 0.2) is 0 Å². The Morgan fingerprint density at radius 2 is 1.04 bits per heavy atom. The number of anilines is 6. The van der Waals surface area contributed by atoms with E-state index in [9.17, 15) is 0 Å². The summed E-state index contributed by atoms with van der Waals surface area (Å²) < 4.78 is 7.71. The summed E-state index contributed by atoms with van der Waals surface area (Å²) in [5.74, 6) is 3.12. The van der Waals surface area contributed by atoms with Crippen LogP contribution in [0.25, 0.3) is 22.1 Å². The molecule has 6 saturated carbocycles. The Kier molecular flexibility index (Phi) is 10.7. The van der Waals surface area contributed by atoms with Crippen LogP contribution >= 0.6 is 0 Å². The SMILES string of the molecule is CC1(C)C2CCC1(C)C1(C2)c2ccccc2-c2ccc(N3c4cc(C5CCCCC5)cc5c4B(c4cc(C6CCCCC6)ccc4N5c4ccc(C5CCCCC5)cc4)c4oc5ccc(C6CCCCC6)cc5c43)cc21. The van der Waals surface area contributed by atoms with Crippen molar-refractivity contribution < 1.29 is 4.42 Å². The molecule has 1 aromatic heterocycles. The molecule has 2 aliphatic heterocycles. The Morgan fingerprint density at radius 3 is 1.68 bits per heavy atom. The van der Waals surface area contributed by atoms with Crippen molar-refractivity contribution in [3.63, 3.8) is 0 Å². The Balaban J connectivity index is 0.973. The molecular formula is C72H79BN2O. The quantitative estimate of drug-likeness (QED) is 0.155. The fourth-order valence-electron chi connectivity index (χ4n) is 19.1. The topological polar surface area (TPSA) is 19.6 Å². The maximum absolute atomic E-state index is 7.71. The Labute approximate surface area is 454 Å². The van der Waals surface area contributed by atoms with Gasteiger partial charge in [0.25, 0.3) is 6.71 Å². The average molecular weight is 999 g/mol. The summed E-state index contributed by atoms with van der Waals surface area (Å²) in [5.41, 5.74) is 25.5. The van der Waals surface area contributed by atoms with E-state index in [4.69, 9.17) is 4.42 Å². The number of hydrogen-bond acceptors (Lipinski definition) is 3. The van der Waals surface area contributed by atoms with Gasteiger partial charge in [-0.2, -0.15) is 0 Å². The molecule has 0 radical (unpaired) electrons. The molecule has 3 nitrogen and oxygen atoms in total. The Bertz CT molecular complexity index is 3430. The van der Waals surface area contributed by atoms with Gasteiger partial charge in [-0.25, -0.2) is 0 Å². The highest BCUT2D eigenvalue weighted by Gasteiger charge is 2.71. The van der Waals surface area contributed by atoms with Crippen molar-refractivity contribution in [1.29, 1.82) is 0 Å². The highest BCUT2D eigenvalue weighted by atomic mass is 16.3. The zero-order chi connectivity index (χ0) is 50.5. The summed E-state index contributed by atoms with van der Waals surface area (Å²) in [7, 11) is 0. The standard InChI is InChI=1S/C72H79BN2O/c1-70(2)54-38-39-71(70,3)72(45-54)60-27-17-16-26-57(60)58-35-34-56(44-61(58)72)75-65-43-53(49-24-14-7-15-25-49)42-64-67(65)73(69-68(75)59-40-51(31-37-66(59)76-69)47-20-10-5-11-21-47)62-41-52(48-22-12-6-13-23-48)30-36-63(62)74(64)55-32-28-50(29-33-55)46-18-8-4-9-19-46/h16-17,26-37,40-44,46-49,54H,4-15,18-25,38-39,45H2,1-3H3. The molecule has 0 saturated heterocycles. The molecule has 3 unspecified atom stereocenters. The predicted molar refractivity (Wildman–Crippen MR) is 319 cm³/mol. The van der Waals surface area contributed by atoms with Crippen molar-refractivity contribution in [2.45, 2.75) is 198 Å². The van der Waals surface area contributed by atoms with E-state index in [0.717, 1.165) is 11.2 Å². The minimum atomic E-state index is -0.0342. The summed E-state index contributed by atoms with van der Waals surface area (Å²) in [4.78, 5) is 5.53. The third-order valence-corrected chi connectivity index (χ3v) is 23.5. The first-order valence-corrected chi connectivity index (χ1v) is 31.1. The lowest BCUT2D eigenvalue weighted by molar-refractivity contribution is 0.0990. The van der Waals surface area contributed by atoms with Gasteiger partial charge in [0.1, 0.15) is 5.58 Å². The Morgan fingerprint density at radius 1 is 0.474 bits per heavy atom. The van der Waals surface area contributed by atoms with Gasteiger partial charge in [0.2, 0.25) is 0 Å². The van der Waals surface area contributed by atoms with Crippen molar-refractivity contribution in [2.24, 2.45) is 16.7 Å². The smallest absolute Gasteiger partial charge is 0.297 e. The third-order valence-electron chi connectivity index (χ3n) is 23.5. The molecule has 2 bridgehead atoms. The molecular weight excluding hydrogens is 920 g/mol. The van der Waals surface area contributed by atoms with Crippen molar-refractivity contribution >= 4 is 68.4 Å². The van der Waals surface area contributed by atoms with E-state index in [1.54, 1.807) is 11.1 Å². The largest absolute Gasteiger partial charge is 0.468 e. The van der Waals surface area contributed by atoms with Crippen LogP contribution in [0.4, 0.5) is 34.1 Å². The maximum atomic E-state index is 7.71. The van der Waals surface area contributed by atoms with Gasteiger partial charge >= 0.3 is 0 Å². The van der Waals surface area contributed by atoms with Crippen LogP contribution < -0.4 is 26.4 Å². The lowest BCUT2D eigenvalue weighted by Crippen LogP contribution is -2.61. The third kappa shape index (κ3) is 6.60. The highest BCUT2D eigenvalue weighted by Crippen LogP contribution is 2.78. The molecule has 76 heavy (non-hydrogen) atoms. The Hall–Kier alpha value is -5.48. The first kappa shape index (κ1) is 46.6. The van der Waals surface area contributed by atoms with E-state index in [1.807, 2.05) is 0 Å². The van der Waals surface area contributed by atoms with E-state index in [-0.39, 0.29) is 23.0 Å². The number of furan rings is 1. The van der Waals surface area contributed by atoms with E-state index >= 15 is 0 Å².